The average molecular weight is 473 g/mol. The Kier molecular flexibility index (Phi) is 9.43. The van der Waals surface area contributed by atoms with Crippen molar-refractivity contribution in [2.24, 2.45) is 0 Å². The number of rotatable bonds is 10. The number of nitrogens with one attached hydrogen (secondary N) is 1. The van der Waals surface area contributed by atoms with Gasteiger partial charge in [0.1, 0.15) is 17.5 Å². The van der Waals surface area contributed by atoms with E-state index in [9.17, 15) is 9.59 Å². The SMILES string of the molecule is CCC(C(=O)NC1CCCCC1)N(Cc1ccc(OC)cc1)C(=O)COc1ccc(Cl)cc1. The number of carbonyl (C=O) groups is 2. The summed E-state index contributed by atoms with van der Waals surface area (Å²) < 4.78 is 10.9. The maximum Gasteiger partial charge on any atom is 0.261 e. The zero-order valence-corrected chi connectivity index (χ0v) is 20.1. The second-order valence-corrected chi connectivity index (χ2v) is 8.82. The standard InChI is InChI=1S/C26H33ClN2O4/c1-3-24(26(31)28-21-7-5-4-6-8-21)29(17-19-9-13-22(32-2)14-10-19)25(30)18-33-23-15-11-20(27)12-16-23/h9-16,21,24H,3-8,17-18H2,1-2H3,(H,28,31). The summed E-state index contributed by atoms with van der Waals surface area (Å²) in [6.07, 6.45) is 5.98. The van der Waals surface area contributed by atoms with E-state index in [2.05, 4.69) is 5.32 Å². The van der Waals surface area contributed by atoms with Crippen LogP contribution in [-0.2, 0) is 16.1 Å². The van der Waals surface area contributed by atoms with Gasteiger partial charge in [-0.15, -0.1) is 0 Å². The predicted molar refractivity (Wildman–Crippen MR) is 130 cm³/mol. The Morgan fingerprint density at radius 1 is 1.03 bits per heavy atom. The fourth-order valence-electron chi connectivity index (χ4n) is 4.15. The van der Waals surface area contributed by atoms with E-state index in [1.807, 2.05) is 31.2 Å². The van der Waals surface area contributed by atoms with E-state index in [1.165, 1.54) is 6.42 Å². The molecular weight excluding hydrogens is 440 g/mol. The smallest absolute Gasteiger partial charge is 0.261 e. The van der Waals surface area contributed by atoms with Gasteiger partial charge in [-0.1, -0.05) is 49.9 Å². The van der Waals surface area contributed by atoms with Crippen LogP contribution >= 0.6 is 11.6 Å². The highest BCUT2D eigenvalue weighted by Gasteiger charge is 2.30. The molecule has 0 radical (unpaired) electrons. The summed E-state index contributed by atoms with van der Waals surface area (Å²) in [5, 5.41) is 3.78. The van der Waals surface area contributed by atoms with Gasteiger partial charge in [-0.25, -0.2) is 0 Å². The van der Waals surface area contributed by atoms with Gasteiger partial charge in [-0.3, -0.25) is 9.59 Å². The van der Waals surface area contributed by atoms with Gasteiger partial charge in [0.05, 0.1) is 7.11 Å². The van der Waals surface area contributed by atoms with E-state index in [-0.39, 0.29) is 24.5 Å². The number of hydrogen-bond donors (Lipinski definition) is 1. The van der Waals surface area contributed by atoms with Crippen molar-refractivity contribution in [2.75, 3.05) is 13.7 Å². The largest absolute Gasteiger partial charge is 0.497 e. The number of ether oxygens (including phenoxy) is 2. The molecule has 7 heteroatoms. The fraction of sp³-hybridized carbons (Fsp3) is 0.462. The minimum atomic E-state index is -0.574. The molecule has 2 amide bonds. The van der Waals surface area contributed by atoms with Crippen LogP contribution in [0.2, 0.25) is 5.02 Å². The molecule has 0 saturated heterocycles. The number of benzene rings is 2. The number of carbonyl (C=O) groups excluding carboxylic acids is 2. The van der Waals surface area contributed by atoms with E-state index in [0.29, 0.717) is 23.7 Å². The van der Waals surface area contributed by atoms with Gasteiger partial charge in [-0.05, 0) is 61.2 Å². The third-order valence-corrected chi connectivity index (χ3v) is 6.28. The van der Waals surface area contributed by atoms with E-state index < -0.39 is 6.04 Å². The summed E-state index contributed by atoms with van der Waals surface area (Å²) in [5.41, 5.74) is 0.916. The zero-order chi connectivity index (χ0) is 23.6. The zero-order valence-electron chi connectivity index (χ0n) is 19.4. The summed E-state index contributed by atoms with van der Waals surface area (Å²) >= 11 is 5.93. The molecule has 6 nitrogen and oxygen atoms in total. The molecule has 0 aromatic heterocycles. The number of hydrogen-bond acceptors (Lipinski definition) is 4. The Morgan fingerprint density at radius 3 is 2.27 bits per heavy atom. The molecule has 1 fully saturated rings. The first kappa shape index (κ1) is 24.9. The van der Waals surface area contributed by atoms with Crippen LogP contribution in [0.15, 0.2) is 48.5 Å². The molecule has 3 rings (SSSR count). The van der Waals surface area contributed by atoms with E-state index in [0.717, 1.165) is 37.0 Å². The van der Waals surface area contributed by atoms with Gasteiger partial charge in [0, 0.05) is 17.6 Å². The van der Waals surface area contributed by atoms with Crippen molar-refractivity contribution in [1.82, 2.24) is 10.2 Å². The van der Waals surface area contributed by atoms with Crippen molar-refractivity contribution in [3.05, 3.63) is 59.1 Å². The molecule has 0 heterocycles. The Balaban J connectivity index is 1.74. The van der Waals surface area contributed by atoms with Crippen molar-refractivity contribution in [3.63, 3.8) is 0 Å². The summed E-state index contributed by atoms with van der Waals surface area (Å²) in [5.74, 6) is 0.950. The lowest BCUT2D eigenvalue weighted by atomic mass is 9.95. The Morgan fingerprint density at radius 2 is 1.67 bits per heavy atom. The lowest BCUT2D eigenvalue weighted by Gasteiger charge is -2.32. The Bertz CT molecular complexity index is 896. The molecule has 2 aromatic rings. The molecule has 1 unspecified atom stereocenters. The maximum absolute atomic E-state index is 13.3. The minimum absolute atomic E-state index is 0.0993. The van der Waals surface area contributed by atoms with Gasteiger partial charge >= 0.3 is 0 Å². The molecule has 1 atom stereocenters. The van der Waals surface area contributed by atoms with Gasteiger partial charge in [0.25, 0.3) is 5.91 Å². The highest BCUT2D eigenvalue weighted by Crippen LogP contribution is 2.20. The van der Waals surface area contributed by atoms with E-state index in [4.69, 9.17) is 21.1 Å². The second-order valence-electron chi connectivity index (χ2n) is 8.38. The third kappa shape index (κ3) is 7.39. The molecule has 33 heavy (non-hydrogen) atoms. The van der Waals surface area contributed by atoms with Gasteiger partial charge < -0.3 is 19.7 Å². The van der Waals surface area contributed by atoms with Gasteiger partial charge in [0.15, 0.2) is 6.61 Å². The first-order valence-corrected chi connectivity index (χ1v) is 12.0. The lowest BCUT2D eigenvalue weighted by molar-refractivity contribution is -0.143. The van der Waals surface area contributed by atoms with Crippen LogP contribution in [0.5, 0.6) is 11.5 Å². The molecule has 178 valence electrons. The fourth-order valence-corrected chi connectivity index (χ4v) is 4.28. The van der Waals surface area contributed by atoms with Gasteiger partial charge in [0.2, 0.25) is 5.91 Å². The number of halogens is 1. The third-order valence-electron chi connectivity index (χ3n) is 6.03. The van der Waals surface area contributed by atoms with Gasteiger partial charge in [-0.2, -0.15) is 0 Å². The highest BCUT2D eigenvalue weighted by atomic mass is 35.5. The van der Waals surface area contributed by atoms with Crippen LogP contribution in [0.4, 0.5) is 0 Å². The first-order valence-electron chi connectivity index (χ1n) is 11.6. The molecule has 1 saturated carbocycles. The van der Waals surface area contributed by atoms with Crippen molar-refractivity contribution >= 4 is 23.4 Å². The Hall–Kier alpha value is -2.73. The van der Waals surface area contributed by atoms with Crippen molar-refractivity contribution in [1.29, 1.82) is 0 Å². The predicted octanol–water partition coefficient (Wildman–Crippen LogP) is 4.98. The van der Waals surface area contributed by atoms with Crippen molar-refractivity contribution < 1.29 is 19.1 Å². The van der Waals surface area contributed by atoms with Crippen molar-refractivity contribution in [3.8, 4) is 11.5 Å². The average Bonchev–Trinajstić information content (AvgIpc) is 2.84. The normalized spacial score (nSPS) is 14.9. The summed E-state index contributed by atoms with van der Waals surface area (Å²) in [6, 6.07) is 14.0. The highest BCUT2D eigenvalue weighted by molar-refractivity contribution is 6.30. The molecule has 0 spiro atoms. The molecular formula is C26H33ClN2O4. The second kappa shape index (κ2) is 12.5. The number of amides is 2. The van der Waals surface area contributed by atoms with Crippen LogP contribution < -0.4 is 14.8 Å². The Labute approximate surface area is 201 Å². The topological polar surface area (TPSA) is 67.9 Å². The summed E-state index contributed by atoms with van der Waals surface area (Å²) in [4.78, 5) is 28.1. The van der Waals surface area contributed by atoms with E-state index >= 15 is 0 Å². The number of nitrogens with zero attached hydrogens (tertiary/aromatic N) is 1. The first-order chi connectivity index (χ1) is 16.0. The monoisotopic (exact) mass is 472 g/mol. The van der Waals surface area contributed by atoms with Crippen molar-refractivity contribution in [2.45, 2.75) is 64.1 Å². The summed E-state index contributed by atoms with van der Waals surface area (Å²) in [7, 11) is 1.61. The molecule has 1 aliphatic carbocycles. The van der Waals surface area contributed by atoms with Crippen LogP contribution in [0.1, 0.15) is 51.0 Å². The lowest BCUT2D eigenvalue weighted by Crippen LogP contribution is -2.52. The van der Waals surface area contributed by atoms with Crippen LogP contribution in [0, 0.1) is 0 Å². The quantitative estimate of drug-likeness (QED) is 0.529. The molecule has 1 N–H and O–H groups in total. The molecule has 0 aliphatic heterocycles. The van der Waals surface area contributed by atoms with E-state index in [1.54, 1.807) is 36.3 Å². The van der Waals surface area contributed by atoms with Crippen LogP contribution in [0.25, 0.3) is 0 Å². The summed E-state index contributed by atoms with van der Waals surface area (Å²) in [6.45, 7) is 2.08. The van der Waals surface area contributed by atoms with Crippen LogP contribution in [-0.4, -0.2) is 42.5 Å². The molecule has 1 aliphatic rings. The minimum Gasteiger partial charge on any atom is -0.497 e. The molecule has 0 bridgehead atoms. The van der Waals surface area contributed by atoms with Crippen LogP contribution in [0.3, 0.4) is 0 Å². The maximum atomic E-state index is 13.3. The molecule has 2 aromatic carbocycles. The number of methoxy groups -OCH3 is 1.